The van der Waals surface area contributed by atoms with E-state index in [0.717, 1.165) is 5.56 Å². The molecule has 0 saturated carbocycles. The highest BCUT2D eigenvalue weighted by atomic mass is 19.1. The molecule has 18 heavy (non-hydrogen) atoms. The fourth-order valence-corrected chi connectivity index (χ4v) is 1.67. The second-order valence-electron chi connectivity index (χ2n) is 3.86. The smallest absolute Gasteiger partial charge is 0.407 e. The minimum absolute atomic E-state index is 0.00650. The zero-order chi connectivity index (χ0) is 13.4. The number of nitrogens with one attached hydrogen (secondary N) is 1. The number of carbonyl (C=O) groups is 1. The molecule has 100 valence electrons. The first-order valence-electron chi connectivity index (χ1n) is 5.94. The van der Waals surface area contributed by atoms with Crippen LogP contribution >= 0.6 is 0 Å². The molecular weight excluding hydrogens is 237 g/mol. The van der Waals surface area contributed by atoms with Crippen LogP contribution in [0.1, 0.15) is 24.8 Å². The summed E-state index contributed by atoms with van der Waals surface area (Å²) in [5.74, 6) is -0.361. The lowest BCUT2D eigenvalue weighted by Gasteiger charge is -2.16. The molecule has 4 nitrogen and oxygen atoms in total. The topological polar surface area (TPSA) is 58.6 Å². The van der Waals surface area contributed by atoms with Crippen molar-refractivity contribution in [3.8, 4) is 0 Å². The molecule has 0 aliphatic heterocycles. The van der Waals surface area contributed by atoms with Crippen LogP contribution in [0.15, 0.2) is 24.3 Å². The van der Waals surface area contributed by atoms with Crippen LogP contribution in [-0.2, 0) is 4.74 Å². The van der Waals surface area contributed by atoms with Crippen molar-refractivity contribution < 1.29 is 19.0 Å². The maximum Gasteiger partial charge on any atom is 0.407 e. The zero-order valence-electron chi connectivity index (χ0n) is 10.4. The molecule has 0 unspecified atom stereocenters. The van der Waals surface area contributed by atoms with Crippen molar-refractivity contribution >= 4 is 6.09 Å². The summed E-state index contributed by atoms with van der Waals surface area (Å²) in [6.45, 7) is 2.40. The lowest BCUT2D eigenvalue weighted by molar-refractivity contribution is 0.151. The van der Waals surface area contributed by atoms with Gasteiger partial charge in [-0.05, 0) is 31.0 Å². The van der Waals surface area contributed by atoms with Gasteiger partial charge in [-0.25, -0.2) is 9.18 Å². The van der Waals surface area contributed by atoms with Crippen molar-refractivity contribution in [1.82, 2.24) is 5.32 Å². The lowest BCUT2D eigenvalue weighted by Crippen LogP contribution is -2.29. The summed E-state index contributed by atoms with van der Waals surface area (Å²) in [4.78, 5) is 11.2. The summed E-state index contributed by atoms with van der Waals surface area (Å²) in [6.07, 6.45) is 0.0143. The number of hydrogen-bond acceptors (Lipinski definition) is 3. The maximum absolute atomic E-state index is 12.8. The van der Waals surface area contributed by atoms with Gasteiger partial charge in [0.1, 0.15) is 5.82 Å². The fourth-order valence-electron chi connectivity index (χ4n) is 1.67. The summed E-state index contributed by atoms with van der Waals surface area (Å²) in [5.41, 5.74) is 0.877. The second-order valence-corrected chi connectivity index (χ2v) is 3.86. The van der Waals surface area contributed by atoms with Crippen molar-refractivity contribution in [1.29, 1.82) is 0 Å². The summed E-state index contributed by atoms with van der Waals surface area (Å²) in [7, 11) is 0. The lowest BCUT2D eigenvalue weighted by atomic mass is 9.96. The van der Waals surface area contributed by atoms with Gasteiger partial charge >= 0.3 is 6.09 Å². The van der Waals surface area contributed by atoms with Gasteiger partial charge < -0.3 is 15.2 Å². The molecule has 5 heteroatoms. The Morgan fingerprint density at radius 3 is 2.67 bits per heavy atom. The van der Waals surface area contributed by atoms with Crippen molar-refractivity contribution in [3.05, 3.63) is 35.6 Å². The largest absolute Gasteiger partial charge is 0.450 e. The Morgan fingerprint density at radius 2 is 2.11 bits per heavy atom. The van der Waals surface area contributed by atoms with Crippen LogP contribution in [0.2, 0.25) is 0 Å². The molecule has 1 aromatic carbocycles. The first-order chi connectivity index (χ1) is 8.67. The van der Waals surface area contributed by atoms with Gasteiger partial charge in [0.25, 0.3) is 0 Å². The molecule has 0 aliphatic carbocycles. The molecule has 0 spiro atoms. The summed E-state index contributed by atoms with van der Waals surface area (Å²) < 4.78 is 17.6. The van der Waals surface area contributed by atoms with Gasteiger partial charge in [-0.15, -0.1) is 0 Å². The molecular formula is C13H18FNO3. The number of ether oxygens (including phenoxy) is 1. The van der Waals surface area contributed by atoms with Crippen LogP contribution in [-0.4, -0.2) is 31.0 Å². The Hall–Kier alpha value is -1.62. The Labute approximate surface area is 106 Å². The van der Waals surface area contributed by atoms with Crippen LogP contribution in [0.4, 0.5) is 9.18 Å². The van der Waals surface area contributed by atoms with Crippen molar-refractivity contribution in [2.45, 2.75) is 19.3 Å². The number of amides is 1. The summed E-state index contributed by atoms with van der Waals surface area (Å²) in [5, 5.41) is 11.6. The molecule has 1 atom stereocenters. The minimum atomic E-state index is -0.484. The highest BCUT2D eigenvalue weighted by Gasteiger charge is 2.13. The van der Waals surface area contributed by atoms with Crippen LogP contribution in [0.5, 0.6) is 0 Å². The van der Waals surface area contributed by atoms with Crippen LogP contribution in [0, 0.1) is 5.82 Å². The first kappa shape index (κ1) is 14.4. The van der Waals surface area contributed by atoms with Crippen LogP contribution in [0.25, 0.3) is 0 Å². The Balaban J connectivity index is 2.59. The van der Waals surface area contributed by atoms with Crippen molar-refractivity contribution in [2.24, 2.45) is 0 Å². The number of halogens is 1. The number of aliphatic hydroxyl groups is 1. The molecule has 0 saturated heterocycles. The van der Waals surface area contributed by atoms with Crippen LogP contribution < -0.4 is 5.32 Å². The van der Waals surface area contributed by atoms with E-state index in [4.69, 9.17) is 9.84 Å². The number of hydrogen-bond donors (Lipinski definition) is 2. The highest BCUT2D eigenvalue weighted by molar-refractivity contribution is 5.67. The van der Waals surface area contributed by atoms with Crippen molar-refractivity contribution in [3.63, 3.8) is 0 Å². The molecule has 1 amide bonds. The van der Waals surface area contributed by atoms with E-state index in [1.165, 1.54) is 12.1 Å². The average molecular weight is 255 g/mol. The van der Waals surface area contributed by atoms with E-state index in [0.29, 0.717) is 19.6 Å². The van der Waals surface area contributed by atoms with E-state index in [1.54, 1.807) is 19.1 Å². The maximum atomic E-state index is 12.8. The van der Waals surface area contributed by atoms with Crippen LogP contribution in [0.3, 0.4) is 0 Å². The quantitative estimate of drug-likeness (QED) is 0.817. The second kappa shape index (κ2) is 7.66. The minimum Gasteiger partial charge on any atom is -0.450 e. The molecule has 2 N–H and O–H groups in total. The van der Waals surface area contributed by atoms with E-state index in [9.17, 15) is 9.18 Å². The molecule has 1 aromatic rings. The molecule has 0 aromatic heterocycles. The van der Waals surface area contributed by atoms with Crippen molar-refractivity contribution in [2.75, 3.05) is 19.8 Å². The van der Waals surface area contributed by atoms with E-state index in [2.05, 4.69) is 5.32 Å². The SMILES string of the molecule is CCOC(=O)NC[C@@H](CCO)c1ccc(F)cc1. The van der Waals surface area contributed by atoms with Gasteiger partial charge in [0.05, 0.1) is 6.61 Å². The normalized spacial score (nSPS) is 11.9. The first-order valence-corrected chi connectivity index (χ1v) is 5.94. The highest BCUT2D eigenvalue weighted by Crippen LogP contribution is 2.19. The molecule has 1 rings (SSSR count). The van der Waals surface area contributed by atoms with Gasteiger partial charge in [0.2, 0.25) is 0 Å². The Bertz CT molecular complexity index is 367. The van der Waals surface area contributed by atoms with Gasteiger partial charge in [-0.3, -0.25) is 0 Å². The van der Waals surface area contributed by atoms with E-state index < -0.39 is 6.09 Å². The van der Waals surface area contributed by atoms with E-state index >= 15 is 0 Å². The van der Waals surface area contributed by atoms with E-state index in [1.807, 2.05) is 0 Å². The fraction of sp³-hybridized carbons (Fsp3) is 0.462. The third-order valence-electron chi connectivity index (χ3n) is 2.59. The predicted molar refractivity (Wildman–Crippen MR) is 65.9 cm³/mol. The molecule has 0 aliphatic rings. The molecule has 0 fully saturated rings. The average Bonchev–Trinajstić information content (AvgIpc) is 2.36. The Morgan fingerprint density at radius 1 is 1.44 bits per heavy atom. The standard InChI is InChI=1S/C13H18FNO3/c1-2-18-13(17)15-9-11(7-8-16)10-3-5-12(14)6-4-10/h3-6,11,16H,2,7-9H2,1H3,(H,15,17)/t11-/m1/s1. The van der Waals surface area contributed by atoms with Gasteiger partial charge in [0.15, 0.2) is 0 Å². The Kier molecular flexibility index (Phi) is 6.14. The number of carbonyl (C=O) groups excluding carboxylic acids is 1. The molecule has 0 heterocycles. The molecule has 0 radical (unpaired) electrons. The van der Waals surface area contributed by atoms with Gasteiger partial charge in [-0.1, -0.05) is 12.1 Å². The number of benzene rings is 1. The number of rotatable bonds is 6. The zero-order valence-corrected chi connectivity index (χ0v) is 10.4. The van der Waals surface area contributed by atoms with Gasteiger partial charge in [-0.2, -0.15) is 0 Å². The molecule has 0 bridgehead atoms. The predicted octanol–water partition coefficient (Wildman–Crippen LogP) is 2.04. The van der Waals surface area contributed by atoms with E-state index in [-0.39, 0.29) is 18.3 Å². The monoisotopic (exact) mass is 255 g/mol. The number of aliphatic hydroxyl groups excluding tert-OH is 1. The van der Waals surface area contributed by atoms with Gasteiger partial charge in [0, 0.05) is 19.1 Å². The summed E-state index contributed by atoms with van der Waals surface area (Å²) >= 11 is 0. The third kappa shape index (κ3) is 4.71. The number of alkyl carbamates (subject to hydrolysis) is 1. The third-order valence-corrected chi connectivity index (χ3v) is 2.59. The summed E-state index contributed by atoms with van der Waals surface area (Å²) in [6, 6.07) is 6.04.